The molecule has 2 unspecified atom stereocenters. The third-order valence-corrected chi connectivity index (χ3v) is 4.75. The fourth-order valence-electron chi connectivity index (χ4n) is 3.43. The summed E-state index contributed by atoms with van der Waals surface area (Å²) in [4.78, 5) is 13.9. The number of ketones is 1. The van der Waals surface area contributed by atoms with Crippen molar-refractivity contribution in [1.29, 1.82) is 5.26 Å². The zero-order valence-electron chi connectivity index (χ0n) is 13.8. The quantitative estimate of drug-likeness (QED) is 0.792. The van der Waals surface area contributed by atoms with E-state index in [0.29, 0.717) is 11.1 Å². The van der Waals surface area contributed by atoms with Gasteiger partial charge < -0.3 is 4.90 Å². The van der Waals surface area contributed by atoms with Crippen LogP contribution in [0.3, 0.4) is 0 Å². The molecule has 0 saturated carbocycles. The molecule has 0 amide bonds. The van der Waals surface area contributed by atoms with Crippen molar-refractivity contribution < 1.29 is 9.18 Å². The molecule has 0 N–H and O–H groups in total. The summed E-state index contributed by atoms with van der Waals surface area (Å²) < 4.78 is 13.1. The van der Waals surface area contributed by atoms with E-state index in [1.54, 1.807) is 12.1 Å². The highest BCUT2D eigenvalue weighted by Gasteiger charge is 2.31. The third kappa shape index (κ3) is 3.03. The highest BCUT2D eigenvalue weighted by atomic mass is 19.1. The molecule has 1 fully saturated rings. The number of anilines is 1. The number of nitriles is 1. The number of Topliss-reactive ketones (excluding diaryl/α,β-unsaturated/α-hetero) is 1. The maximum absolute atomic E-state index is 13.1. The van der Waals surface area contributed by atoms with E-state index >= 15 is 0 Å². The minimum Gasteiger partial charge on any atom is -0.367 e. The Kier molecular flexibility index (Phi) is 4.35. The molecule has 0 aromatic heterocycles. The lowest BCUT2D eigenvalue weighted by Gasteiger charge is -2.25. The maximum Gasteiger partial charge on any atom is 0.159 e. The molecular formula is C20H19FN2O. The van der Waals surface area contributed by atoms with Crippen LogP contribution in [0.5, 0.6) is 0 Å². The Hall–Kier alpha value is -2.67. The van der Waals surface area contributed by atoms with E-state index in [-0.39, 0.29) is 23.6 Å². The van der Waals surface area contributed by atoms with Crippen LogP contribution in [-0.2, 0) is 0 Å². The lowest BCUT2D eigenvalue weighted by molar-refractivity contribution is 0.101. The molecule has 0 spiro atoms. The fourth-order valence-corrected chi connectivity index (χ4v) is 3.43. The van der Waals surface area contributed by atoms with Gasteiger partial charge in [-0.15, -0.1) is 0 Å². The van der Waals surface area contributed by atoms with Gasteiger partial charge in [-0.2, -0.15) is 5.26 Å². The minimum absolute atomic E-state index is 0.0114. The Morgan fingerprint density at radius 2 is 1.96 bits per heavy atom. The van der Waals surface area contributed by atoms with E-state index < -0.39 is 0 Å². The number of hydrogen-bond acceptors (Lipinski definition) is 3. The molecule has 1 aliphatic heterocycles. The van der Waals surface area contributed by atoms with Gasteiger partial charge in [-0.1, -0.05) is 12.1 Å². The second kappa shape index (κ2) is 6.45. The van der Waals surface area contributed by atoms with Gasteiger partial charge in [-0.3, -0.25) is 4.79 Å². The van der Waals surface area contributed by atoms with Gasteiger partial charge in [0.1, 0.15) is 11.9 Å². The first kappa shape index (κ1) is 16.2. The van der Waals surface area contributed by atoms with Crippen molar-refractivity contribution in [1.82, 2.24) is 0 Å². The summed E-state index contributed by atoms with van der Waals surface area (Å²) in [5.41, 5.74) is 3.10. The van der Waals surface area contributed by atoms with Gasteiger partial charge in [0.25, 0.3) is 0 Å². The molecule has 3 nitrogen and oxygen atoms in total. The molecule has 24 heavy (non-hydrogen) atoms. The number of carbonyl (C=O) groups is 1. The molecular weight excluding hydrogens is 303 g/mol. The van der Waals surface area contributed by atoms with Crippen LogP contribution in [0.1, 0.15) is 47.7 Å². The van der Waals surface area contributed by atoms with Crippen LogP contribution in [0.4, 0.5) is 10.1 Å². The molecule has 122 valence electrons. The molecule has 1 saturated heterocycles. The smallest absolute Gasteiger partial charge is 0.159 e. The Labute approximate surface area is 141 Å². The Morgan fingerprint density at radius 1 is 1.25 bits per heavy atom. The standard InChI is InChI=1S/C20H19FN2O/c1-13-9-18(15-5-7-19(21)8-6-15)12-23(13)20-10-16(14(2)24)3-4-17(20)11-22/h3-8,10,13,18H,9,12H2,1-2H3. The van der Waals surface area contributed by atoms with E-state index in [1.807, 2.05) is 18.2 Å². The second-order valence-electron chi connectivity index (χ2n) is 6.39. The van der Waals surface area contributed by atoms with Crippen molar-refractivity contribution in [2.45, 2.75) is 32.2 Å². The zero-order chi connectivity index (χ0) is 17.3. The van der Waals surface area contributed by atoms with E-state index in [9.17, 15) is 14.4 Å². The number of rotatable bonds is 3. The predicted octanol–water partition coefficient (Wildman–Crippen LogP) is 4.28. The second-order valence-corrected chi connectivity index (χ2v) is 6.39. The average molecular weight is 322 g/mol. The van der Waals surface area contributed by atoms with Crippen molar-refractivity contribution in [2.24, 2.45) is 0 Å². The van der Waals surface area contributed by atoms with E-state index in [2.05, 4.69) is 17.9 Å². The van der Waals surface area contributed by atoms with Crippen LogP contribution in [0, 0.1) is 17.1 Å². The molecule has 0 radical (unpaired) electrons. The molecule has 2 atom stereocenters. The Bertz CT molecular complexity index is 807. The monoisotopic (exact) mass is 322 g/mol. The summed E-state index contributed by atoms with van der Waals surface area (Å²) in [5.74, 6) is 0.0402. The molecule has 1 aliphatic rings. The van der Waals surface area contributed by atoms with Gasteiger partial charge in [0.05, 0.1) is 11.3 Å². The summed E-state index contributed by atoms with van der Waals surface area (Å²) in [5, 5.41) is 9.40. The molecule has 2 aromatic carbocycles. The fraction of sp³-hybridized carbons (Fsp3) is 0.300. The molecule has 1 heterocycles. The number of benzene rings is 2. The lowest BCUT2D eigenvalue weighted by Crippen LogP contribution is -2.27. The van der Waals surface area contributed by atoms with E-state index in [0.717, 1.165) is 24.2 Å². The summed E-state index contributed by atoms with van der Waals surface area (Å²) in [6, 6.07) is 14.3. The predicted molar refractivity (Wildman–Crippen MR) is 91.7 cm³/mol. The largest absolute Gasteiger partial charge is 0.367 e. The van der Waals surface area contributed by atoms with E-state index in [4.69, 9.17) is 0 Å². The Morgan fingerprint density at radius 3 is 2.58 bits per heavy atom. The summed E-state index contributed by atoms with van der Waals surface area (Å²) in [6.07, 6.45) is 0.931. The molecule has 0 bridgehead atoms. The topological polar surface area (TPSA) is 44.1 Å². The van der Waals surface area contributed by atoms with Gasteiger partial charge >= 0.3 is 0 Å². The van der Waals surface area contributed by atoms with Crippen molar-refractivity contribution in [3.8, 4) is 6.07 Å². The van der Waals surface area contributed by atoms with Gasteiger partial charge in [-0.25, -0.2) is 4.39 Å². The number of hydrogen-bond donors (Lipinski definition) is 0. The maximum atomic E-state index is 13.1. The average Bonchev–Trinajstić information content (AvgIpc) is 2.96. The van der Waals surface area contributed by atoms with Crippen molar-refractivity contribution >= 4 is 11.5 Å². The minimum atomic E-state index is -0.234. The first-order valence-electron chi connectivity index (χ1n) is 8.06. The first-order chi connectivity index (χ1) is 11.5. The third-order valence-electron chi connectivity index (χ3n) is 4.75. The Balaban J connectivity index is 1.93. The highest BCUT2D eigenvalue weighted by Crippen LogP contribution is 2.36. The zero-order valence-corrected chi connectivity index (χ0v) is 13.8. The van der Waals surface area contributed by atoms with Crippen molar-refractivity contribution in [3.05, 3.63) is 65.0 Å². The van der Waals surface area contributed by atoms with Gasteiger partial charge in [0.2, 0.25) is 0 Å². The SMILES string of the molecule is CC(=O)c1ccc(C#N)c(N2CC(c3ccc(F)cc3)CC2C)c1. The van der Waals surface area contributed by atoms with Crippen LogP contribution in [0.25, 0.3) is 0 Å². The van der Waals surface area contributed by atoms with Gasteiger partial charge in [-0.05, 0) is 56.2 Å². The number of nitrogens with zero attached hydrogens (tertiary/aromatic N) is 2. The molecule has 0 aliphatic carbocycles. The normalized spacial score (nSPS) is 20.0. The molecule has 3 rings (SSSR count). The van der Waals surface area contributed by atoms with Crippen LogP contribution in [0.15, 0.2) is 42.5 Å². The van der Waals surface area contributed by atoms with Crippen LogP contribution < -0.4 is 4.90 Å². The van der Waals surface area contributed by atoms with Crippen molar-refractivity contribution in [2.75, 3.05) is 11.4 Å². The van der Waals surface area contributed by atoms with Crippen LogP contribution in [-0.4, -0.2) is 18.4 Å². The summed E-state index contributed by atoms with van der Waals surface area (Å²) in [7, 11) is 0. The number of halogens is 1. The van der Waals surface area contributed by atoms with Gasteiger partial charge in [0.15, 0.2) is 5.78 Å². The summed E-state index contributed by atoms with van der Waals surface area (Å²) >= 11 is 0. The number of carbonyl (C=O) groups excluding carboxylic acids is 1. The highest BCUT2D eigenvalue weighted by molar-refractivity contribution is 5.95. The summed E-state index contributed by atoms with van der Waals surface area (Å²) in [6.45, 7) is 4.40. The lowest BCUT2D eigenvalue weighted by atomic mass is 9.97. The van der Waals surface area contributed by atoms with Gasteiger partial charge in [0, 0.05) is 24.1 Å². The molecule has 2 aromatic rings. The van der Waals surface area contributed by atoms with Crippen molar-refractivity contribution in [3.63, 3.8) is 0 Å². The van der Waals surface area contributed by atoms with Crippen LogP contribution >= 0.6 is 0 Å². The van der Waals surface area contributed by atoms with Crippen LogP contribution in [0.2, 0.25) is 0 Å². The van der Waals surface area contributed by atoms with E-state index in [1.165, 1.54) is 19.1 Å². The molecule has 4 heteroatoms. The first-order valence-corrected chi connectivity index (χ1v) is 8.06.